The second kappa shape index (κ2) is 8.19. The topological polar surface area (TPSA) is 51.6 Å². The Balaban J connectivity index is 1.94. The lowest BCUT2D eigenvalue weighted by Crippen LogP contribution is -2.01. The zero-order valence-corrected chi connectivity index (χ0v) is 12.0. The Morgan fingerprint density at radius 3 is 2.67 bits per heavy atom. The molecule has 1 heterocycles. The Hall–Kier alpha value is -2.17. The van der Waals surface area contributed by atoms with Gasteiger partial charge in [0.2, 0.25) is 0 Å². The number of aliphatic hydroxyl groups is 1. The van der Waals surface area contributed by atoms with Crippen LogP contribution in [0.3, 0.4) is 0 Å². The molecule has 0 aliphatic carbocycles. The summed E-state index contributed by atoms with van der Waals surface area (Å²) >= 11 is 0. The summed E-state index contributed by atoms with van der Waals surface area (Å²) in [6.07, 6.45) is 5.43. The van der Waals surface area contributed by atoms with Gasteiger partial charge in [-0.25, -0.2) is 0 Å². The van der Waals surface area contributed by atoms with Crippen LogP contribution >= 0.6 is 0 Å². The summed E-state index contributed by atoms with van der Waals surface area (Å²) in [5.41, 5.74) is 2.18. The van der Waals surface area contributed by atoms with E-state index in [9.17, 15) is 0 Å². The lowest BCUT2D eigenvalue weighted by Gasteiger charge is -2.06. The molecule has 2 aromatic rings. The third-order valence-corrected chi connectivity index (χ3v) is 2.73. The highest BCUT2D eigenvalue weighted by atomic mass is 16.5. The monoisotopic (exact) mass is 285 g/mol. The van der Waals surface area contributed by atoms with E-state index in [2.05, 4.69) is 4.98 Å². The molecule has 1 aromatic heterocycles. The van der Waals surface area contributed by atoms with Gasteiger partial charge in [0.1, 0.15) is 11.5 Å². The number of hydrogen-bond donors (Lipinski definition) is 1. The zero-order valence-electron chi connectivity index (χ0n) is 12.0. The van der Waals surface area contributed by atoms with Crippen LogP contribution < -0.4 is 4.74 Å². The van der Waals surface area contributed by atoms with Gasteiger partial charge in [-0.3, -0.25) is 4.98 Å². The Morgan fingerprint density at radius 1 is 1.19 bits per heavy atom. The van der Waals surface area contributed by atoms with Crippen molar-refractivity contribution in [3.05, 3.63) is 59.9 Å². The number of ether oxygens (including phenoxy) is 2. The Labute approximate surface area is 124 Å². The molecule has 4 nitrogen and oxygen atoms in total. The molecule has 110 valence electrons. The number of aromatic nitrogens is 1. The van der Waals surface area contributed by atoms with Crippen molar-refractivity contribution in [1.82, 2.24) is 4.98 Å². The van der Waals surface area contributed by atoms with E-state index >= 15 is 0 Å². The van der Waals surface area contributed by atoms with E-state index in [0.717, 1.165) is 22.6 Å². The summed E-state index contributed by atoms with van der Waals surface area (Å²) in [4.78, 5) is 4.01. The van der Waals surface area contributed by atoms with Crippen LogP contribution in [0.5, 0.6) is 11.5 Å². The minimum Gasteiger partial charge on any atom is -0.456 e. The molecule has 0 bridgehead atoms. The van der Waals surface area contributed by atoms with Gasteiger partial charge in [-0.1, -0.05) is 18.2 Å². The third-order valence-electron chi connectivity index (χ3n) is 2.73. The largest absolute Gasteiger partial charge is 0.456 e. The highest BCUT2D eigenvalue weighted by Crippen LogP contribution is 2.21. The normalized spacial score (nSPS) is 11.4. The van der Waals surface area contributed by atoms with Crippen LogP contribution in [0.1, 0.15) is 12.5 Å². The molecule has 2 rings (SSSR count). The predicted molar refractivity (Wildman–Crippen MR) is 82.3 cm³/mol. The number of hydrogen-bond acceptors (Lipinski definition) is 4. The molecule has 0 amide bonds. The molecule has 1 N–H and O–H groups in total. The number of rotatable bonds is 7. The fourth-order valence-electron chi connectivity index (χ4n) is 1.80. The highest BCUT2D eigenvalue weighted by molar-refractivity contribution is 5.53. The first-order chi connectivity index (χ1) is 10.3. The molecule has 0 radical (unpaired) electrons. The standard InChI is InChI=1S/C17H19NO3/c1-14(13-20-10-9-19)11-15-4-6-16(7-5-15)21-17-3-2-8-18-12-17/h2-8,11-12,19H,9-10,13H2,1H3. The molecule has 4 heteroatoms. The average molecular weight is 285 g/mol. The second-order valence-electron chi connectivity index (χ2n) is 4.63. The molecule has 0 atom stereocenters. The van der Waals surface area contributed by atoms with Crippen LogP contribution in [-0.4, -0.2) is 29.9 Å². The predicted octanol–water partition coefficient (Wildman–Crippen LogP) is 3.29. The maximum absolute atomic E-state index is 8.66. The van der Waals surface area contributed by atoms with Gasteiger partial charge < -0.3 is 14.6 Å². The number of benzene rings is 1. The highest BCUT2D eigenvalue weighted by Gasteiger charge is 1.97. The first kappa shape index (κ1) is 15.2. The quantitative estimate of drug-likeness (QED) is 0.793. The fourth-order valence-corrected chi connectivity index (χ4v) is 1.80. The molecule has 21 heavy (non-hydrogen) atoms. The van der Waals surface area contributed by atoms with Gasteiger partial charge >= 0.3 is 0 Å². The maximum atomic E-state index is 8.66. The van der Waals surface area contributed by atoms with Gasteiger partial charge in [-0.05, 0) is 42.3 Å². The van der Waals surface area contributed by atoms with Crippen molar-refractivity contribution in [3.63, 3.8) is 0 Å². The summed E-state index contributed by atoms with van der Waals surface area (Å²) in [6, 6.07) is 11.5. The van der Waals surface area contributed by atoms with Crippen LogP contribution in [-0.2, 0) is 4.74 Å². The number of nitrogens with zero attached hydrogens (tertiary/aromatic N) is 1. The molecule has 0 fully saturated rings. The van der Waals surface area contributed by atoms with Crippen LogP contribution in [0, 0.1) is 0 Å². The van der Waals surface area contributed by atoms with Gasteiger partial charge in [0.25, 0.3) is 0 Å². The molecule has 0 saturated carbocycles. The third kappa shape index (κ3) is 5.38. The smallest absolute Gasteiger partial charge is 0.145 e. The summed E-state index contributed by atoms with van der Waals surface area (Å²) in [7, 11) is 0. The van der Waals surface area contributed by atoms with E-state index in [0.29, 0.717) is 13.2 Å². The minimum absolute atomic E-state index is 0.0493. The van der Waals surface area contributed by atoms with Crippen LogP contribution in [0.25, 0.3) is 6.08 Å². The average Bonchev–Trinajstić information content (AvgIpc) is 2.51. The lowest BCUT2D eigenvalue weighted by atomic mass is 10.1. The fraction of sp³-hybridized carbons (Fsp3) is 0.235. The van der Waals surface area contributed by atoms with E-state index in [4.69, 9.17) is 14.6 Å². The van der Waals surface area contributed by atoms with E-state index < -0.39 is 0 Å². The van der Waals surface area contributed by atoms with Crippen molar-refractivity contribution < 1.29 is 14.6 Å². The SMILES string of the molecule is CC(=Cc1ccc(Oc2cccnc2)cc1)COCCO. The van der Waals surface area contributed by atoms with E-state index in [-0.39, 0.29) is 6.61 Å². The summed E-state index contributed by atoms with van der Waals surface area (Å²) in [6.45, 7) is 2.93. The first-order valence-electron chi connectivity index (χ1n) is 6.81. The van der Waals surface area contributed by atoms with Crippen LogP contribution in [0.4, 0.5) is 0 Å². The Morgan fingerprint density at radius 2 is 2.00 bits per heavy atom. The van der Waals surface area contributed by atoms with E-state index in [1.807, 2.05) is 49.4 Å². The summed E-state index contributed by atoms with van der Waals surface area (Å²) in [5.74, 6) is 1.49. The molecular formula is C17H19NO3. The van der Waals surface area contributed by atoms with Crippen LogP contribution in [0.2, 0.25) is 0 Å². The molecule has 0 spiro atoms. The van der Waals surface area contributed by atoms with Crippen molar-refractivity contribution >= 4 is 6.08 Å². The van der Waals surface area contributed by atoms with Crippen molar-refractivity contribution in [2.45, 2.75) is 6.92 Å². The van der Waals surface area contributed by atoms with Gasteiger partial charge in [0.05, 0.1) is 26.0 Å². The van der Waals surface area contributed by atoms with Crippen molar-refractivity contribution in [2.24, 2.45) is 0 Å². The number of aliphatic hydroxyl groups excluding tert-OH is 1. The minimum atomic E-state index is 0.0493. The summed E-state index contributed by atoms with van der Waals surface area (Å²) < 4.78 is 11.0. The molecule has 0 saturated heterocycles. The van der Waals surface area contributed by atoms with Crippen molar-refractivity contribution in [3.8, 4) is 11.5 Å². The maximum Gasteiger partial charge on any atom is 0.145 e. The van der Waals surface area contributed by atoms with Gasteiger partial charge in [0, 0.05) is 6.20 Å². The molecule has 1 aromatic carbocycles. The van der Waals surface area contributed by atoms with Gasteiger partial charge in [0.15, 0.2) is 0 Å². The first-order valence-corrected chi connectivity index (χ1v) is 6.81. The summed E-state index contributed by atoms with van der Waals surface area (Å²) in [5, 5.41) is 8.66. The van der Waals surface area contributed by atoms with E-state index in [1.54, 1.807) is 12.4 Å². The van der Waals surface area contributed by atoms with E-state index in [1.165, 1.54) is 0 Å². The molecule has 0 aliphatic rings. The van der Waals surface area contributed by atoms with Crippen LogP contribution in [0.15, 0.2) is 54.4 Å². The van der Waals surface area contributed by atoms with Crippen molar-refractivity contribution in [1.29, 1.82) is 0 Å². The number of pyridine rings is 1. The van der Waals surface area contributed by atoms with Crippen molar-refractivity contribution in [2.75, 3.05) is 19.8 Å². The molecule has 0 unspecified atom stereocenters. The lowest BCUT2D eigenvalue weighted by molar-refractivity contribution is 0.108. The molecule has 0 aliphatic heterocycles. The Bertz CT molecular complexity index is 564. The second-order valence-corrected chi connectivity index (χ2v) is 4.63. The zero-order chi connectivity index (χ0) is 14.9. The molecular weight excluding hydrogens is 266 g/mol. The Kier molecular flexibility index (Phi) is 5.94. The van der Waals surface area contributed by atoms with Gasteiger partial charge in [-0.15, -0.1) is 0 Å². The van der Waals surface area contributed by atoms with Gasteiger partial charge in [-0.2, -0.15) is 0 Å².